The second-order valence-electron chi connectivity index (χ2n) is 8.17. The first-order valence-electron chi connectivity index (χ1n) is 9.73. The van der Waals surface area contributed by atoms with Crippen molar-refractivity contribution in [3.05, 3.63) is 59.7 Å². The summed E-state index contributed by atoms with van der Waals surface area (Å²) in [5.41, 5.74) is 2.50. The smallest absolute Gasteiger partial charge is 0.240 e. The van der Waals surface area contributed by atoms with Gasteiger partial charge in [0, 0.05) is 24.3 Å². The van der Waals surface area contributed by atoms with Crippen LogP contribution in [0.2, 0.25) is 0 Å². The Kier molecular flexibility index (Phi) is 6.41. The van der Waals surface area contributed by atoms with E-state index in [0.717, 1.165) is 24.3 Å². The van der Waals surface area contributed by atoms with Gasteiger partial charge in [0.25, 0.3) is 0 Å². The molecular formula is C22H28N2O4S. The van der Waals surface area contributed by atoms with Gasteiger partial charge in [-0.15, -0.1) is 0 Å². The fourth-order valence-electron chi connectivity index (χ4n) is 3.16. The lowest BCUT2D eigenvalue weighted by Crippen LogP contribution is -2.36. The molecule has 2 aromatic rings. The number of ketones is 1. The van der Waals surface area contributed by atoms with Crippen LogP contribution in [-0.2, 0) is 20.2 Å². The minimum absolute atomic E-state index is 0.0565. The minimum Gasteiger partial charge on any atom is -0.378 e. The van der Waals surface area contributed by atoms with Gasteiger partial charge in [-0.2, -0.15) is 0 Å². The van der Waals surface area contributed by atoms with Gasteiger partial charge in [0.15, 0.2) is 5.78 Å². The molecule has 1 aliphatic heterocycles. The topological polar surface area (TPSA) is 75.7 Å². The standard InChI is InChI=1S/C22H28N2O4S/c1-22(2,3)18-6-10-20(11-7-18)29(26,27)23-16-21(25)17-4-8-19(9-5-17)24-12-14-28-15-13-24/h4-11,23H,12-16H2,1-3H3. The largest absolute Gasteiger partial charge is 0.378 e. The Balaban J connectivity index is 1.61. The molecule has 0 amide bonds. The zero-order valence-electron chi connectivity index (χ0n) is 17.1. The average molecular weight is 417 g/mol. The number of rotatable bonds is 6. The van der Waals surface area contributed by atoms with E-state index in [4.69, 9.17) is 4.74 Å². The maximum Gasteiger partial charge on any atom is 0.240 e. The lowest BCUT2D eigenvalue weighted by Gasteiger charge is -2.28. The first kappa shape index (κ1) is 21.5. The number of ether oxygens (including phenoxy) is 1. The van der Waals surface area contributed by atoms with Crippen LogP contribution in [0.3, 0.4) is 0 Å². The molecular weight excluding hydrogens is 388 g/mol. The van der Waals surface area contributed by atoms with E-state index in [-0.39, 0.29) is 22.6 Å². The van der Waals surface area contributed by atoms with Crippen molar-refractivity contribution in [2.45, 2.75) is 31.1 Å². The highest BCUT2D eigenvalue weighted by atomic mass is 32.2. The van der Waals surface area contributed by atoms with E-state index in [1.54, 1.807) is 36.4 Å². The van der Waals surface area contributed by atoms with Gasteiger partial charge >= 0.3 is 0 Å². The molecule has 3 rings (SSSR count). The minimum atomic E-state index is -3.74. The normalized spacial score (nSPS) is 15.3. The van der Waals surface area contributed by atoms with Gasteiger partial charge in [0.2, 0.25) is 10.0 Å². The van der Waals surface area contributed by atoms with Crippen LogP contribution in [0.1, 0.15) is 36.7 Å². The zero-order valence-corrected chi connectivity index (χ0v) is 18.0. The number of nitrogens with one attached hydrogen (secondary N) is 1. The molecule has 1 aliphatic rings. The predicted molar refractivity (Wildman–Crippen MR) is 114 cm³/mol. The van der Waals surface area contributed by atoms with Gasteiger partial charge in [-0.1, -0.05) is 32.9 Å². The Hall–Kier alpha value is -2.22. The van der Waals surface area contributed by atoms with Crippen molar-refractivity contribution in [2.24, 2.45) is 0 Å². The third kappa shape index (κ3) is 5.44. The summed E-state index contributed by atoms with van der Waals surface area (Å²) in [4.78, 5) is 14.8. The third-order valence-corrected chi connectivity index (χ3v) is 6.44. The van der Waals surface area contributed by atoms with Crippen LogP contribution in [0.5, 0.6) is 0 Å². The van der Waals surface area contributed by atoms with Gasteiger partial charge in [-0.05, 0) is 47.4 Å². The van der Waals surface area contributed by atoms with E-state index in [9.17, 15) is 13.2 Å². The molecule has 156 valence electrons. The second kappa shape index (κ2) is 8.65. The summed E-state index contributed by atoms with van der Waals surface area (Å²) in [6.45, 7) is 8.95. The number of carbonyl (C=O) groups excluding carboxylic acids is 1. The summed E-state index contributed by atoms with van der Waals surface area (Å²) < 4.78 is 32.8. The van der Waals surface area contributed by atoms with Crippen LogP contribution in [0.15, 0.2) is 53.4 Å². The fourth-order valence-corrected chi connectivity index (χ4v) is 4.14. The van der Waals surface area contributed by atoms with Crippen LogP contribution < -0.4 is 9.62 Å². The van der Waals surface area contributed by atoms with Gasteiger partial charge in [0.05, 0.1) is 24.7 Å². The Bertz CT molecular complexity index is 940. The van der Waals surface area contributed by atoms with Gasteiger partial charge in [0.1, 0.15) is 0 Å². The van der Waals surface area contributed by atoms with E-state index in [1.165, 1.54) is 0 Å². The van der Waals surface area contributed by atoms with Crippen LogP contribution >= 0.6 is 0 Å². The number of hydrogen-bond acceptors (Lipinski definition) is 5. The molecule has 0 spiro atoms. The number of morpholine rings is 1. The Morgan fingerprint density at radius 2 is 1.59 bits per heavy atom. The van der Waals surface area contributed by atoms with E-state index in [0.29, 0.717) is 18.8 Å². The van der Waals surface area contributed by atoms with Crippen molar-refractivity contribution >= 4 is 21.5 Å². The van der Waals surface area contributed by atoms with Gasteiger partial charge in [-0.25, -0.2) is 13.1 Å². The molecule has 0 aromatic heterocycles. The summed E-state index contributed by atoms with van der Waals surface area (Å²) in [5.74, 6) is -0.270. The second-order valence-corrected chi connectivity index (χ2v) is 9.94. The van der Waals surface area contributed by atoms with E-state index >= 15 is 0 Å². The molecule has 0 bridgehead atoms. The quantitative estimate of drug-likeness (QED) is 0.733. The molecule has 29 heavy (non-hydrogen) atoms. The lowest BCUT2D eigenvalue weighted by atomic mass is 9.87. The molecule has 0 atom stereocenters. The van der Waals surface area contributed by atoms with Crippen LogP contribution in [0.4, 0.5) is 5.69 Å². The molecule has 1 heterocycles. The number of sulfonamides is 1. The molecule has 0 unspecified atom stereocenters. The Labute approximate surface area is 172 Å². The number of hydrogen-bond donors (Lipinski definition) is 1. The van der Waals surface area contributed by atoms with Crippen molar-refractivity contribution in [3.8, 4) is 0 Å². The van der Waals surface area contributed by atoms with E-state index < -0.39 is 10.0 Å². The number of anilines is 1. The van der Waals surface area contributed by atoms with Crippen molar-refractivity contribution in [3.63, 3.8) is 0 Å². The first-order chi connectivity index (χ1) is 13.7. The molecule has 1 fully saturated rings. The maximum absolute atomic E-state index is 12.5. The molecule has 0 saturated carbocycles. The SMILES string of the molecule is CC(C)(C)c1ccc(S(=O)(=O)NCC(=O)c2ccc(N3CCOCC3)cc2)cc1. The third-order valence-electron chi connectivity index (χ3n) is 5.02. The molecule has 0 aliphatic carbocycles. The number of Topliss-reactive ketones (excluding diaryl/α,β-unsaturated/α-hetero) is 1. The number of nitrogens with zero attached hydrogens (tertiary/aromatic N) is 1. The van der Waals surface area contributed by atoms with Crippen molar-refractivity contribution < 1.29 is 17.9 Å². The van der Waals surface area contributed by atoms with Crippen LogP contribution in [0.25, 0.3) is 0 Å². The highest BCUT2D eigenvalue weighted by Crippen LogP contribution is 2.23. The molecule has 1 N–H and O–H groups in total. The summed E-state index contributed by atoms with van der Waals surface area (Å²) in [7, 11) is -3.74. The molecule has 1 saturated heterocycles. The number of carbonyl (C=O) groups is 1. The Morgan fingerprint density at radius 3 is 2.14 bits per heavy atom. The fraction of sp³-hybridized carbons (Fsp3) is 0.409. The van der Waals surface area contributed by atoms with Gasteiger partial charge in [-0.3, -0.25) is 4.79 Å². The molecule has 2 aromatic carbocycles. The highest BCUT2D eigenvalue weighted by molar-refractivity contribution is 7.89. The summed E-state index contributed by atoms with van der Waals surface area (Å²) in [6.07, 6.45) is 0. The molecule has 6 nitrogen and oxygen atoms in total. The summed E-state index contributed by atoms with van der Waals surface area (Å²) >= 11 is 0. The summed E-state index contributed by atoms with van der Waals surface area (Å²) in [6, 6.07) is 14.0. The molecule has 7 heteroatoms. The van der Waals surface area contributed by atoms with E-state index in [1.807, 2.05) is 12.1 Å². The zero-order chi connectivity index (χ0) is 21.1. The Morgan fingerprint density at radius 1 is 1.00 bits per heavy atom. The monoisotopic (exact) mass is 416 g/mol. The van der Waals surface area contributed by atoms with Gasteiger partial charge < -0.3 is 9.64 Å². The maximum atomic E-state index is 12.5. The predicted octanol–water partition coefficient (Wildman–Crippen LogP) is 2.98. The first-order valence-corrected chi connectivity index (χ1v) is 11.2. The number of benzene rings is 2. The van der Waals surface area contributed by atoms with Crippen LogP contribution in [0, 0.1) is 0 Å². The molecule has 0 radical (unpaired) electrons. The summed E-state index contributed by atoms with van der Waals surface area (Å²) in [5, 5.41) is 0. The van der Waals surface area contributed by atoms with Crippen LogP contribution in [-0.4, -0.2) is 47.0 Å². The van der Waals surface area contributed by atoms with Crippen molar-refractivity contribution in [2.75, 3.05) is 37.7 Å². The van der Waals surface area contributed by atoms with Crippen molar-refractivity contribution in [1.29, 1.82) is 0 Å². The lowest BCUT2D eigenvalue weighted by molar-refractivity contribution is 0.0997. The van der Waals surface area contributed by atoms with E-state index in [2.05, 4.69) is 30.4 Å². The van der Waals surface area contributed by atoms with Crippen molar-refractivity contribution in [1.82, 2.24) is 4.72 Å². The highest BCUT2D eigenvalue weighted by Gasteiger charge is 2.19. The average Bonchev–Trinajstić information content (AvgIpc) is 2.72.